The van der Waals surface area contributed by atoms with Crippen LogP contribution >= 0.6 is 0 Å². The molecule has 8 heavy (non-hydrogen) atoms. The normalized spacial score (nSPS) is 9.12. The molecule has 0 spiro atoms. The zero-order valence-electron chi connectivity index (χ0n) is 4.48. The van der Waals surface area contributed by atoms with Crippen LogP contribution in [0, 0.1) is 0 Å². The summed E-state index contributed by atoms with van der Waals surface area (Å²) in [6.45, 7) is 2.40. The van der Waals surface area contributed by atoms with Crippen LogP contribution in [0.2, 0.25) is 0 Å². The molecule has 0 fully saturated rings. The Morgan fingerprint density at radius 2 is 2.62 bits per heavy atom. The van der Waals surface area contributed by atoms with Gasteiger partial charge in [-0.15, -0.1) is 10.2 Å². The van der Waals surface area contributed by atoms with Crippen molar-refractivity contribution in [3.05, 3.63) is 6.33 Å². The first-order chi connectivity index (χ1) is 3.93. The molecule has 0 unspecified atom stereocenters. The third-order valence-corrected chi connectivity index (χ3v) is 0.575. The van der Waals surface area contributed by atoms with Gasteiger partial charge in [-0.2, -0.15) is 0 Å². The molecule has 0 saturated heterocycles. The Balaban J connectivity index is 2.50. The minimum atomic E-state index is 0.552. The van der Waals surface area contributed by atoms with Crippen molar-refractivity contribution in [2.24, 2.45) is 0 Å². The summed E-state index contributed by atoms with van der Waals surface area (Å²) in [4.78, 5) is 5.85. The van der Waals surface area contributed by atoms with Crippen LogP contribution in [0.25, 0.3) is 0 Å². The molecule has 0 amide bonds. The first kappa shape index (κ1) is 5.02. The van der Waals surface area contributed by atoms with E-state index in [0.29, 0.717) is 6.61 Å². The van der Waals surface area contributed by atoms with E-state index in [9.17, 15) is 0 Å². The molecule has 1 aromatic heterocycles. The van der Waals surface area contributed by atoms with Gasteiger partial charge in [-0.1, -0.05) is 0 Å². The minimum absolute atomic E-state index is 0.552. The first-order valence-corrected chi connectivity index (χ1v) is 2.29. The summed E-state index contributed by atoms with van der Waals surface area (Å²) in [5, 5.41) is 10.4. The summed E-state index contributed by atoms with van der Waals surface area (Å²) in [7, 11) is 0. The van der Waals surface area contributed by atoms with Crippen LogP contribution < -0.4 is 4.84 Å². The van der Waals surface area contributed by atoms with Crippen molar-refractivity contribution in [1.82, 2.24) is 20.4 Å². The lowest BCUT2D eigenvalue weighted by molar-refractivity contribution is 0.0592. The fourth-order valence-corrected chi connectivity index (χ4v) is 0.332. The van der Waals surface area contributed by atoms with E-state index in [1.807, 2.05) is 6.92 Å². The number of aromatic nitrogens is 4. The van der Waals surface area contributed by atoms with Gasteiger partial charge in [0.25, 0.3) is 0 Å². The highest BCUT2D eigenvalue weighted by Crippen LogP contribution is 1.64. The average Bonchev–Trinajstić information content (AvgIpc) is 2.19. The van der Waals surface area contributed by atoms with Crippen molar-refractivity contribution in [3.63, 3.8) is 0 Å². The van der Waals surface area contributed by atoms with E-state index in [4.69, 9.17) is 4.84 Å². The molecule has 0 aliphatic rings. The Hall–Kier alpha value is -1.13. The molecule has 5 nitrogen and oxygen atoms in total. The van der Waals surface area contributed by atoms with Crippen molar-refractivity contribution < 1.29 is 4.84 Å². The fraction of sp³-hybridized carbons (Fsp3) is 0.667. The van der Waals surface area contributed by atoms with E-state index in [-0.39, 0.29) is 0 Å². The predicted molar refractivity (Wildman–Crippen MR) is 24.9 cm³/mol. The molecule has 0 aliphatic carbocycles. The number of tetrazole rings is 1. The maximum atomic E-state index is 4.78. The summed E-state index contributed by atoms with van der Waals surface area (Å²) in [6, 6.07) is 0. The highest BCUT2D eigenvalue weighted by atomic mass is 16.7. The monoisotopic (exact) mass is 114 g/mol. The minimum Gasteiger partial charge on any atom is -0.380 e. The van der Waals surface area contributed by atoms with Gasteiger partial charge in [0.2, 0.25) is 0 Å². The lowest BCUT2D eigenvalue weighted by Gasteiger charge is -1.93. The SMILES string of the molecule is CCOn1ncnn1. The predicted octanol–water partition coefficient (Wildman–Crippen LogP) is -0.878. The molecule has 0 aliphatic heterocycles. The standard InChI is InChI=1S/C3H6N4O/c1-2-8-7-5-3-4-6-7/h3H,2H2,1H3. The Kier molecular flexibility index (Phi) is 1.41. The number of nitrogens with zero attached hydrogens (tertiary/aromatic N) is 4. The number of hydrogen-bond donors (Lipinski definition) is 0. The highest BCUT2D eigenvalue weighted by molar-refractivity contribution is 4.29. The van der Waals surface area contributed by atoms with Gasteiger partial charge in [0.05, 0.1) is 0 Å². The molecule has 0 radical (unpaired) electrons. The van der Waals surface area contributed by atoms with Gasteiger partial charge in [0, 0.05) is 4.96 Å². The van der Waals surface area contributed by atoms with Gasteiger partial charge in [-0.05, 0) is 12.1 Å². The average molecular weight is 114 g/mol. The van der Waals surface area contributed by atoms with Crippen LogP contribution in [0.5, 0.6) is 0 Å². The third kappa shape index (κ3) is 0.927. The van der Waals surface area contributed by atoms with E-state index in [1.165, 1.54) is 6.33 Å². The van der Waals surface area contributed by atoms with E-state index < -0.39 is 0 Å². The zero-order chi connectivity index (χ0) is 5.82. The van der Waals surface area contributed by atoms with Gasteiger partial charge in [0.15, 0.2) is 6.33 Å². The molecule has 0 atom stereocenters. The van der Waals surface area contributed by atoms with Crippen molar-refractivity contribution in [2.45, 2.75) is 6.92 Å². The topological polar surface area (TPSA) is 52.8 Å². The Bertz CT molecular complexity index is 137. The van der Waals surface area contributed by atoms with Crippen LogP contribution in [-0.4, -0.2) is 27.0 Å². The largest absolute Gasteiger partial charge is 0.380 e. The molecule has 1 heterocycles. The molecule has 1 rings (SSSR count). The molecular weight excluding hydrogens is 108 g/mol. The maximum absolute atomic E-state index is 4.78. The van der Waals surface area contributed by atoms with Gasteiger partial charge in [0.1, 0.15) is 6.61 Å². The first-order valence-electron chi connectivity index (χ1n) is 2.29. The Morgan fingerprint density at radius 1 is 1.75 bits per heavy atom. The van der Waals surface area contributed by atoms with Gasteiger partial charge >= 0.3 is 0 Å². The summed E-state index contributed by atoms with van der Waals surface area (Å²) >= 11 is 0. The second kappa shape index (κ2) is 2.25. The molecule has 5 heteroatoms. The summed E-state index contributed by atoms with van der Waals surface area (Å²) in [6.07, 6.45) is 1.32. The molecular formula is C3H6N4O. The van der Waals surface area contributed by atoms with Crippen LogP contribution in [0.15, 0.2) is 6.33 Å². The van der Waals surface area contributed by atoms with Gasteiger partial charge < -0.3 is 4.84 Å². The quantitative estimate of drug-likeness (QED) is 0.501. The summed E-state index contributed by atoms with van der Waals surface area (Å²) in [5.74, 6) is 0. The Labute approximate surface area is 46.2 Å². The fourth-order valence-electron chi connectivity index (χ4n) is 0.332. The van der Waals surface area contributed by atoms with E-state index in [1.54, 1.807) is 0 Å². The molecule has 0 aromatic carbocycles. The highest BCUT2D eigenvalue weighted by Gasteiger charge is 1.84. The maximum Gasteiger partial charge on any atom is 0.165 e. The van der Waals surface area contributed by atoms with Crippen LogP contribution in [0.3, 0.4) is 0 Å². The van der Waals surface area contributed by atoms with Crippen molar-refractivity contribution in [3.8, 4) is 0 Å². The molecule has 0 N–H and O–H groups in total. The molecule has 1 aromatic rings. The molecule has 44 valence electrons. The lowest BCUT2D eigenvalue weighted by Crippen LogP contribution is -2.13. The third-order valence-electron chi connectivity index (χ3n) is 0.575. The molecule has 0 bridgehead atoms. The second-order valence-electron chi connectivity index (χ2n) is 1.11. The van der Waals surface area contributed by atoms with E-state index in [2.05, 4.69) is 15.4 Å². The molecule has 0 saturated carbocycles. The number of hydrogen-bond acceptors (Lipinski definition) is 4. The zero-order valence-corrected chi connectivity index (χ0v) is 4.48. The van der Waals surface area contributed by atoms with Gasteiger partial charge in [-0.25, -0.2) is 0 Å². The lowest BCUT2D eigenvalue weighted by atomic mass is 10.9. The van der Waals surface area contributed by atoms with Gasteiger partial charge in [-0.3, -0.25) is 0 Å². The van der Waals surface area contributed by atoms with Crippen LogP contribution in [0.1, 0.15) is 6.92 Å². The smallest absolute Gasteiger partial charge is 0.165 e. The van der Waals surface area contributed by atoms with Crippen molar-refractivity contribution in [1.29, 1.82) is 0 Å². The van der Waals surface area contributed by atoms with E-state index >= 15 is 0 Å². The second-order valence-corrected chi connectivity index (χ2v) is 1.11. The van der Waals surface area contributed by atoms with Crippen LogP contribution in [0.4, 0.5) is 0 Å². The summed E-state index contributed by atoms with van der Waals surface area (Å²) in [5.41, 5.74) is 0. The van der Waals surface area contributed by atoms with Crippen molar-refractivity contribution in [2.75, 3.05) is 6.61 Å². The van der Waals surface area contributed by atoms with Crippen LogP contribution in [-0.2, 0) is 0 Å². The Morgan fingerprint density at radius 3 is 3.12 bits per heavy atom. The van der Waals surface area contributed by atoms with Crippen molar-refractivity contribution >= 4 is 0 Å². The summed E-state index contributed by atoms with van der Waals surface area (Å²) < 4.78 is 0. The number of rotatable bonds is 2. The van der Waals surface area contributed by atoms with E-state index in [0.717, 1.165) is 4.96 Å².